The molecule has 0 heterocycles. The van der Waals surface area contributed by atoms with Gasteiger partial charge >= 0.3 is 5.97 Å². The topological polar surface area (TPSA) is 73.9 Å². The monoisotopic (exact) mass is 409 g/mol. The summed E-state index contributed by atoms with van der Waals surface area (Å²) in [6.45, 7) is 3.81. The van der Waals surface area contributed by atoms with Gasteiger partial charge in [-0.05, 0) is 30.2 Å². The first-order valence-electron chi connectivity index (χ1n) is 8.53. The predicted octanol–water partition coefficient (Wildman–Crippen LogP) is 4.32. The van der Waals surface area contributed by atoms with Gasteiger partial charge in [-0.15, -0.1) is 0 Å². The van der Waals surface area contributed by atoms with Gasteiger partial charge in [0.1, 0.15) is 5.82 Å². The number of para-hydroxylation sites is 1. The third kappa shape index (κ3) is 5.85. The van der Waals surface area contributed by atoms with Gasteiger partial charge in [-0.25, -0.2) is 9.18 Å². The average molecular weight is 410 g/mol. The van der Waals surface area contributed by atoms with Gasteiger partial charge in [-0.1, -0.05) is 37.6 Å². The fourth-order valence-corrected chi connectivity index (χ4v) is 2.46. The summed E-state index contributed by atoms with van der Waals surface area (Å²) in [6, 6.07) is 8.46. The Kier molecular flexibility index (Phi) is 7.63. The number of rotatable bonds is 8. The van der Waals surface area contributed by atoms with Crippen LogP contribution >= 0.6 is 11.6 Å². The van der Waals surface area contributed by atoms with Gasteiger partial charge in [0.2, 0.25) is 0 Å². The number of methoxy groups -OCH3 is 1. The number of halogens is 2. The minimum Gasteiger partial charge on any atom is -0.493 e. The van der Waals surface area contributed by atoms with Crippen molar-refractivity contribution in [1.29, 1.82) is 0 Å². The maximum absolute atomic E-state index is 13.5. The van der Waals surface area contributed by atoms with E-state index in [1.54, 1.807) is 6.07 Å². The number of carbonyl (C=O) groups is 2. The molecule has 0 aromatic heterocycles. The summed E-state index contributed by atoms with van der Waals surface area (Å²) in [6.07, 6.45) is 0. The van der Waals surface area contributed by atoms with Crippen LogP contribution in [0.1, 0.15) is 24.2 Å². The van der Waals surface area contributed by atoms with E-state index in [-0.39, 0.29) is 27.9 Å². The molecule has 150 valence electrons. The van der Waals surface area contributed by atoms with E-state index in [9.17, 15) is 14.0 Å². The van der Waals surface area contributed by atoms with Crippen molar-refractivity contribution in [2.45, 2.75) is 13.8 Å². The second-order valence-corrected chi connectivity index (χ2v) is 6.71. The number of carbonyl (C=O) groups excluding carboxylic acids is 2. The van der Waals surface area contributed by atoms with Crippen LogP contribution in [0.3, 0.4) is 0 Å². The molecular formula is C20H21ClFNO5. The van der Waals surface area contributed by atoms with Gasteiger partial charge in [-0.2, -0.15) is 0 Å². The van der Waals surface area contributed by atoms with E-state index in [4.69, 9.17) is 25.8 Å². The Labute approximate surface area is 167 Å². The van der Waals surface area contributed by atoms with Crippen LogP contribution in [0.5, 0.6) is 11.5 Å². The number of esters is 1. The van der Waals surface area contributed by atoms with E-state index in [1.165, 1.54) is 37.4 Å². The first-order chi connectivity index (χ1) is 13.3. The molecule has 0 aliphatic rings. The molecule has 0 radical (unpaired) electrons. The van der Waals surface area contributed by atoms with Gasteiger partial charge < -0.3 is 19.5 Å². The van der Waals surface area contributed by atoms with Crippen LogP contribution in [0.2, 0.25) is 5.02 Å². The summed E-state index contributed by atoms with van der Waals surface area (Å²) < 4.78 is 29.3. The van der Waals surface area contributed by atoms with Crippen molar-refractivity contribution in [3.63, 3.8) is 0 Å². The summed E-state index contributed by atoms with van der Waals surface area (Å²) in [5, 5.41) is 2.51. The van der Waals surface area contributed by atoms with Crippen molar-refractivity contribution in [3.8, 4) is 11.5 Å². The van der Waals surface area contributed by atoms with Crippen molar-refractivity contribution in [1.82, 2.24) is 0 Å². The number of nitrogens with one attached hydrogen (secondary N) is 1. The standard InChI is InChI=1S/C20H21ClFNO5/c1-12(2)10-27-19-14(21)8-13(9-17(19)26-3)20(25)28-11-18(24)23-16-7-5-4-6-15(16)22/h4-9,12H,10-11H2,1-3H3,(H,23,24). The Bertz CT molecular complexity index is 856. The maximum atomic E-state index is 13.5. The molecule has 6 nitrogen and oxygen atoms in total. The van der Waals surface area contributed by atoms with Crippen molar-refractivity contribution >= 4 is 29.2 Å². The molecule has 1 N–H and O–H groups in total. The molecular weight excluding hydrogens is 389 g/mol. The zero-order chi connectivity index (χ0) is 20.7. The van der Waals surface area contributed by atoms with Crippen LogP contribution in [-0.2, 0) is 9.53 Å². The molecule has 0 bridgehead atoms. The molecule has 1 amide bonds. The highest BCUT2D eigenvalue weighted by Crippen LogP contribution is 2.36. The van der Waals surface area contributed by atoms with E-state index in [2.05, 4.69) is 5.32 Å². The minimum atomic E-state index is -0.778. The maximum Gasteiger partial charge on any atom is 0.338 e. The number of hydrogen-bond acceptors (Lipinski definition) is 5. The van der Waals surface area contributed by atoms with E-state index in [0.717, 1.165) is 0 Å². The highest BCUT2D eigenvalue weighted by molar-refractivity contribution is 6.32. The molecule has 0 spiro atoms. The lowest BCUT2D eigenvalue weighted by Crippen LogP contribution is -2.21. The molecule has 8 heteroatoms. The molecule has 2 aromatic carbocycles. The number of anilines is 1. The van der Waals surface area contributed by atoms with Crippen LogP contribution in [0.4, 0.5) is 10.1 Å². The molecule has 0 aliphatic heterocycles. The highest BCUT2D eigenvalue weighted by Gasteiger charge is 2.18. The second-order valence-electron chi connectivity index (χ2n) is 6.30. The molecule has 0 saturated heterocycles. The highest BCUT2D eigenvalue weighted by atomic mass is 35.5. The third-order valence-electron chi connectivity index (χ3n) is 3.51. The molecule has 0 unspecified atom stereocenters. The molecule has 2 aromatic rings. The number of ether oxygens (including phenoxy) is 3. The van der Waals surface area contributed by atoms with Crippen molar-refractivity contribution < 1.29 is 28.2 Å². The van der Waals surface area contributed by atoms with Gasteiger partial charge in [0.25, 0.3) is 5.91 Å². The van der Waals surface area contributed by atoms with Crippen LogP contribution in [0, 0.1) is 11.7 Å². The van der Waals surface area contributed by atoms with Crippen LogP contribution < -0.4 is 14.8 Å². The van der Waals surface area contributed by atoms with Gasteiger partial charge in [0.05, 0.1) is 30.0 Å². The lowest BCUT2D eigenvalue weighted by molar-refractivity contribution is -0.119. The summed E-state index contributed by atoms with van der Waals surface area (Å²) >= 11 is 6.19. The Morgan fingerprint density at radius 3 is 2.57 bits per heavy atom. The minimum absolute atomic E-state index is 0.0000770. The second kappa shape index (κ2) is 9.94. The van der Waals surface area contributed by atoms with Gasteiger partial charge in [-0.3, -0.25) is 4.79 Å². The lowest BCUT2D eigenvalue weighted by atomic mass is 10.2. The summed E-state index contributed by atoms with van der Waals surface area (Å²) in [4.78, 5) is 24.1. The van der Waals surface area contributed by atoms with E-state index < -0.39 is 24.3 Å². The van der Waals surface area contributed by atoms with Crippen LogP contribution in [-0.4, -0.2) is 32.2 Å². The quantitative estimate of drug-likeness (QED) is 0.657. The summed E-state index contributed by atoms with van der Waals surface area (Å²) in [5.74, 6) is -1.16. The van der Waals surface area contributed by atoms with Crippen molar-refractivity contribution in [2.75, 3.05) is 25.6 Å². The lowest BCUT2D eigenvalue weighted by Gasteiger charge is -2.15. The molecule has 2 rings (SSSR count). The molecule has 0 fully saturated rings. The largest absolute Gasteiger partial charge is 0.493 e. The molecule has 0 atom stereocenters. The first-order valence-corrected chi connectivity index (χ1v) is 8.91. The number of benzene rings is 2. The Morgan fingerprint density at radius 1 is 1.21 bits per heavy atom. The number of amides is 1. The first kappa shape index (κ1) is 21.5. The summed E-state index contributed by atoms with van der Waals surface area (Å²) in [5.41, 5.74) is 0.0948. The molecule has 0 aliphatic carbocycles. The Morgan fingerprint density at radius 2 is 1.93 bits per heavy atom. The third-order valence-corrected chi connectivity index (χ3v) is 3.79. The average Bonchev–Trinajstić information content (AvgIpc) is 2.66. The van der Waals surface area contributed by atoms with Crippen LogP contribution in [0.25, 0.3) is 0 Å². The van der Waals surface area contributed by atoms with Crippen molar-refractivity contribution in [2.24, 2.45) is 5.92 Å². The predicted molar refractivity (Wildman–Crippen MR) is 104 cm³/mol. The molecule has 28 heavy (non-hydrogen) atoms. The fraction of sp³-hybridized carbons (Fsp3) is 0.300. The Balaban J connectivity index is 2.02. The number of hydrogen-bond donors (Lipinski definition) is 1. The van der Waals surface area contributed by atoms with Crippen LogP contribution in [0.15, 0.2) is 36.4 Å². The SMILES string of the molecule is COc1cc(C(=O)OCC(=O)Nc2ccccc2F)cc(Cl)c1OCC(C)C. The normalized spacial score (nSPS) is 10.5. The summed E-state index contributed by atoms with van der Waals surface area (Å²) in [7, 11) is 1.42. The fourth-order valence-electron chi connectivity index (χ4n) is 2.19. The smallest absolute Gasteiger partial charge is 0.338 e. The van der Waals surface area contributed by atoms with E-state index in [0.29, 0.717) is 12.4 Å². The Hall–Kier alpha value is -2.80. The molecule has 0 saturated carbocycles. The van der Waals surface area contributed by atoms with E-state index >= 15 is 0 Å². The van der Waals surface area contributed by atoms with E-state index in [1.807, 2.05) is 13.8 Å². The zero-order valence-electron chi connectivity index (χ0n) is 15.8. The van der Waals surface area contributed by atoms with Gasteiger partial charge in [0.15, 0.2) is 18.1 Å². The van der Waals surface area contributed by atoms with Crippen molar-refractivity contribution in [3.05, 3.63) is 52.8 Å². The zero-order valence-corrected chi connectivity index (χ0v) is 16.5. The van der Waals surface area contributed by atoms with Gasteiger partial charge in [0, 0.05) is 0 Å².